The van der Waals surface area contributed by atoms with E-state index in [1.165, 1.54) is 82.0 Å². The van der Waals surface area contributed by atoms with Gasteiger partial charge in [-0.05, 0) is 117 Å². The molecule has 0 aliphatic heterocycles. The van der Waals surface area contributed by atoms with Crippen LogP contribution in [0.3, 0.4) is 0 Å². The summed E-state index contributed by atoms with van der Waals surface area (Å²) in [7, 11) is 1.20. The number of aromatic nitrogens is 3. The number of amides is 14. The Morgan fingerprint density at radius 2 is 0.918 bits per heavy atom. The molecule has 3 aromatic carbocycles. The van der Waals surface area contributed by atoms with Gasteiger partial charge in [-0.3, -0.25) is 83.4 Å². The molecule has 0 unspecified atom stereocenters. The Morgan fingerprint density at radius 3 is 1.44 bits per heavy atom. The van der Waals surface area contributed by atoms with Crippen molar-refractivity contribution < 1.29 is 82.4 Å². The second-order valence-electron chi connectivity index (χ2n) is 30.2. The van der Waals surface area contributed by atoms with E-state index in [2.05, 4.69) is 84.1 Å². The summed E-state index contributed by atoms with van der Waals surface area (Å²) < 4.78 is 0. The first kappa shape index (κ1) is 98.9. The third-order valence-corrected chi connectivity index (χ3v) is 19.4. The molecular weight excluding hydrogens is 1590 g/mol. The van der Waals surface area contributed by atoms with Gasteiger partial charge in [-0.15, -0.1) is 0 Å². The van der Waals surface area contributed by atoms with E-state index in [1.54, 1.807) is 44.3 Å². The predicted molar refractivity (Wildman–Crippen MR) is 447 cm³/mol. The van der Waals surface area contributed by atoms with Crippen molar-refractivity contribution in [1.82, 2.24) is 89.0 Å². The summed E-state index contributed by atoms with van der Waals surface area (Å²) in [4.78, 5) is 210. The number of imidazole rings is 1. The first-order valence-electron chi connectivity index (χ1n) is 39.5. The highest BCUT2D eigenvalue weighted by Gasteiger charge is 2.40. The Kier molecular flexibility index (Phi) is 39.7. The third-order valence-electron chi connectivity index (χ3n) is 19.4. The van der Waals surface area contributed by atoms with Gasteiger partial charge in [-0.25, -0.2) is 4.98 Å². The summed E-state index contributed by atoms with van der Waals surface area (Å²) in [6.45, 7) is 7.71. The zero-order valence-corrected chi connectivity index (χ0v) is 68.8. The normalized spacial score (nSPS) is 14.3. The van der Waals surface area contributed by atoms with Crippen molar-refractivity contribution in [1.29, 1.82) is 16.2 Å². The maximum Gasteiger partial charge on any atom is 0.245 e. The van der Waals surface area contributed by atoms with Gasteiger partial charge >= 0.3 is 0 Å². The molecule has 14 amide bonds. The van der Waals surface area contributed by atoms with E-state index in [9.17, 15) is 77.6 Å². The minimum absolute atomic E-state index is 0.0246. The molecule has 2 heterocycles. The highest BCUT2D eigenvalue weighted by molar-refractivity contribution is 6.01. The van der Waals surface area contributed by atoms with Gasteiger partial charge in [0.25, 0.3) is 0 Å². The molecule has 0 fully saturated rings. The van der Waals surface area contributed by atoms with Crippen LogP contribution >= 0.6 is 0 Å². The molecule has 5 rings (SSSR count). The molecule has 0 aliphatic carbocycles. The molecule has 0 bridgehead atoms. The van der Waals surface area contributed by atoms with E-state index in [1.807, 2.05) is 0 Å². The average molecular weight is 1700 g/mol. The SMILES string of the molecule is CC(C)C[C@H](NC(=O)[C@H](Cc1ccc(O)cc1)NC(=O)[C@H](Cc1c[nH]cn1)NC(=O)[C@@H](N)CCCNC(=N)N)C(=O)N[C@@H](CC(N)=O)C(=O)N[C@@H](Cc1c[nH]c2ccccc12)C(=O)N[C@H](C(=O)N[C@H](C(=O)N[C@@H](CCCNC(=N)N)C(=O)N[C@@H](CCC(N)=O)C(=O)N(C)[C@@H](CCCNC(=N)N)C(=O)N[C@@H](Cc1ccc(O)cc1)C(N)=O)[C@@H](C)O)C(C)C. The summed E-state index contributed by atoms with van der Waals surface area (Å²) in [5.41, 5.74) is 41.9. The smallest absolute Gasteiger partial charge is 0.245 e. The fourth-order valence-electron chi connectivity index (χ4n) is 12.9. The number of hydrogen-bond acceptors (Lipinski definition) is 22. The van der Waals surface area contributed by atoms with E-state index in [0.717, 1.165) is 11.8 Å². The van der Waals surface area contributed by atoms with Crippen LogP contribution in [0.5, 0.6) is 11.5 Å². The van der Waals surface area contributed by atoms with Gasteiger partial charge in [0.05, 0.1) is 30.6 Å². The number of phenolic OH excluding ortho intramolecular Hbond substituents is 2. The molecule has 0 radical (unpaired) electrons. The van der Waals surface area contributed by atoms with Gasteiger partial charge in [0.2, 0.25) is 82.7 Å². The number of likely N-dealkylation sites (N-methyl/N-ethyl adjacent to an activating group) is 1. The molecule has 0 aliphatic rings. The number of guanidine groups is 3. The number of aromatic hydroxyl groups is 2. The standard InChI is InChI=1S/C78H117N27O17/c1-39(2)30-54(99-68(115)55(32-43-19-23-47(108)24-20-43)100-69(116)57(34-45-37-89-38-94-45)98-65(112)49(79)13-9-27-90-76(83)84)67(114)102-58(35-61(81)110)70(117)101-56(33-44-36-93-50-14-8-7-12-48(44)50)71(118)103-62(40(3)4)73(120)104-63(41(5)106)74(121)95-51(15-10-28-91-77(85)86)66(113)96-52(25-26-60(80)109)75(122)105(6)59(16-11-29-92-78(87)88)72(119)97-53(64(82)111)31-42-17-21-46(107)22-18-42/h7-8,12,14,17-24,36-41,49,51-59,62-63,93,106-108H,9-11,13,15-16,25-35,79H2,1-6H3,(H2,80,109)(H2,81,110)(H2,82,111)(H,89,94)(H,95,121)(H,96,113)(H,97,119)(H,98,112)(H,99,115)(H,100,116)(H,101,117)(H,102,114)(H,103,118)(H,104,120)(H4,83,84,90)(H4,85,86,91)(H4,87,88,92)/t41-,49+,51+,52+,53+,54+,55+,56+,57+,58+,59+,62+,63+/m1/s1. The number of carbonyl (C=O) groups is 14. The highest BCUT2D eigenvalue weighted by atomic mass is 16.3. The maximum absolute atomic E-state index is 15.1. The van der Waals surface area contributed by atoms with Gasteiger partial charge in [0.15, 0.2) is 17.9 Å². The number of nitrogens with two attached hydrogens (primary N) is 7. The summed E-state index contributed by atoms with van der Waals surface area (Å²) in [5.74, 6) is -16.8. The first-order valence-corrected chi connectivity index (χ1v) is 39.5. The van der Waals surface area contributed by atoms with Gasteiger partial charge < -0.3 is 139 Å². The fraction of sp³-hybridized carbons (Fsp3) is 0.487. The van der Waals surface area contributed by atoms with Crippen molar-refractivity contribution in [3.63, 3.8) is 0 Å². The lowest BCUT2D eigenvalue weighted by molar-refractivity contribution is -0.143. The number of carbonyl (C=O) groups excluding carboxylic acids is 14. The molecule has 44 heteroatoms. The quantitative estimate of drug-likeness (QED) is 0.00979. The minimum Gasteiger partial charge on any atom is -0.508 e. The zero-order valence-electron chi connectivity index (χ0n) is 68.8. The summed E-state index contributed by atoms with van der Waals surface area (Å²) in [6.07, 6.45) is -0.451. The molecule has 5 aromatic rings. The molecule has 0 saturated heterocycles. The maximum atomic E-state index is 15.1. The average Bonchev–Trinajstić information content (AvgIpc) is 1.36. The first-order chi connectivity index (χ1) is 57.6. The fourth-order valence-corrected chi connectivity index (χ4v) is 12.9. The molecule has 13 atom stereocenters. The summed E-state index contributed by atoms with van der Waals surface area (Å²) in [6, 6.07) is -0.842. The van der Waals surface area contributed by atoms with Crippen LogP contribution in [0.15, 0.2) is 91.5 Å². The van der Waals surface area contributed by atoms with Crippen LogP contribution < -0.4 is 109 Å². The number of rotatable bonds is 52. The van der Waals surface area contributed by atoms with Crippen molar-refractivity contribution in [2.75, 3.05) is 26.7 Å². The molecular formula is C78H117N27O17. The summed E-state index contributed by atoms with van der Waals surface area (Å²) >= 11 is 0. The Labute approximate surface area is 703 Å². The number of primary amides is 3. The number of para-hydroxylation sites is 1. The van der Waals surface area contributed by atoms with Crippen LogP contribution in [0.4, 0.5) is 0 Å². The van der Waals surface area contributed by atoms with E-state index in [4.69, 9.17) is 56.4 Å². The number of aliphatic hydroxyl groups is 1. The molecule has 2 aromatic heterocycles. The Balaban J connectivity index is 1.43. The molecule has 122 heavy (non-hydrogen) atoms. The van der Waals surface area contributed by atoms with Crippen LogP contribution in [0.25, 0.3) is 10.9 Å². The number of phenols is 2. The van der Waals surface area contributed by atoms with Crippen LogP contribution in [0.2, 0.25) is 0 Å². The number of aliphatic hydroxyl groups excluding tert-OH is 1. The number of aromatic amines is 2. The largest absolute Gasteiger partial charge is 0.508 e. The molecule has 666 valence electrons. The van der Waals surface area contributed by atoms with Gasteiger partial charge in [0.1, 0.15) is 78.0 Å². The molecule has 0 spiro atoms. The van der Waals surface area contributed by atoms with E-state index in [0.29, 0.717) is 39.7 Å². The Morgan fingerprint density at radius 1 is 0.467 bits per heavy atom. The third kappa shape index (κ3) is 33.6. The summed E-state index contributed by atoms with van der Waals surface area (Å²) in [5, 5.41) is 88.0. The Hall–Kier alpha value is -13.7. The topological polar surface area (TPSA) is 757 Å². The van der Waals surface area contributed by atoms with Crippen LogP contribution in [0, 0.1) is 28.1 Å². The van der Waals surface area contributed by atoms with Crippen LogP contribution in [-0.2, 0) is 92.8 Å². The monoisotopic (exact) mass is 1700 g/mol. The van der Waals surface area contributed by atoms with Crippen molar-refractivity contribution in [3.05, 3.63) is 114 Å². The lowest BCUT2D eigenvalue weighted by atomic mass is 9.99. The van der Waals surface area contributed by atoms with Gasteiger partial charge in [-0.1, -0.05) is 70.2 Å². The number of fused-ring (bicyclic) bond motifs is 1. The zero-order chi connectivity index (χ0) is 90.6. The van der Waals surface area contributed by atoms with Gasteiger partial charge in [0, 0.05) is 82.1 Å². The molecule has 0 saturated carbocycles. The second kappa shape index (κ2) is 49.0. The Bertz CT molecular complexity index is 4430. The van der Waals surface area contributed by atoms with E-state index in [-0.39, 0.29) is 107 Å². The van der Waals surface area contributed by atoms with Crippen molar-refractivity contribution >= 4 is 111 Å². The van der Waals surface area contributed by atoms with Gasteiger partial charge in [-0.2, -0.15) is 0 Å². The van der Waals surface area contributed by atoms with Crippen LogP contribution in [0.1, 0.15) is 121 Å². The number of hydrogen-bond donors (Lipinski definition) is 28. The van der Waals surface area contributed by atoms with E-state index >= 15 is 4.79 Å². The van der Waals surface area contributed by atoms with Crippen molar-refractivity contribution in [2.24, 2.45) is 52.0 Å². The number of nitrogens with one attached hydrogen (secondary N) is 18. The predicted octanol–water partition coefficient (Wildman–Crippen LogP) is -5.93. The van der Waals surface area contributed by atoms with Crippen LogP contribution in [-0.4, -0.2) is 241 Å². The number of nitrogens with zero attached hydrogens (tertiary/aromatic N) is 2. The molecule has 44 nitrogen and oxygen atoms in total. The second-order valence-corrected chi connectivity index (χ2v) is 30.2. The van der Waals surface area contributed by atoms with Crippen molar-refractivity contribution in [3.8, 4) is 11.5 Å². The lowest BCUT2D eigenvalue weighted by Gasteiger charge is -2.33. The number of H-pyrrole nitrogens is 2. The molecule has 35 N–H and O–H groups in total. The van der Waals surface area contributed by atoms with Crippen molar-refractivity contribution in [2.45, 2.75) is 203 Å². The minimum atomic E-state index is -1.96. The highest BCUT2D eigenvalue weighted by Crippen LogP contribution is 2.22. The lowest BCUT2D eigenvalue weighted by Crippen LogP contribution is -2.63. The number of benzene rings is 3. The van der Waals surface area contributed by atoms with E-state index < -0.39 is 198 Å².